The van der Waals surface area contributed by atoms with Crippen LogP contribution < -0.4 is 14.8 Å². The van der Waals surface area contributed by atoms with Crippen LogP contribution in [0.25, 0.3) is 0 Å². The number of fused-ring (bicyclic) bond motifs is 1. The van der Waals surface area contributed by atoms with E-state index < -0.39 is 0 Å². The van der Waals surface area contributed by atoms with E-state index in [1.165, 1.54) is 4.90 Å². The summed E-state index contributed by atoms with van der Waals surface area (Å²) in [6.45, 7) is 9.16. The molecule has 1 heterocycles. The van der Waals surface area contributed by atoms with E-state index in [-0.39, 0.29) is 30.3 Å². The first kappa shape index (κ1) is 20.4. The summed E-state index contributed by atoms with van der Waals surface area (Å²) in [5, 5.41) is 3.30. The molecule has 0 saturated heterocycles. The summed E-state index contributed by atoms with van der Waals surface area (Å²) in [5.41, 5.74) is 0.403. The van der Waals surface area contributed by atoms with Gasteiger partial charge in [0.15, 0.2) is 11.5 Å². The molecule has 2 amide bonds. The lowest BCUT2D eigenvalue weighted by atomic mass is 10.1. The van der Waals surface area contributed by atoms with Gasteiger partial charge in [-0.3, -0.25) is 9.59 Å². The molecule has 0 fully saturated rings. The lowest BCUT2D eigenvalue weighted by molar-refractivity contribution is -0.135. The van der Waals surface area contributed by atoms with Crippen molar-refractivity contribution in [3.63, 3.8) is 0 Å². The van der Waals surface area contributed by atoms with Crippen molar-refractivity contribution in [1.82, 2.24) is 10.2 Å². The largest absolute Gasteiger partial charge is 0.489 e. The number of amides is 2. The van der Waals surface area contributed by atoms with E-state index in [0.29, 0.717) is 36.3 Å². The molecule has 26 heavy (non-hydrogen) atoms. The summed E-state index contributed by atoms with van der Waals surface area (Å²) in [6, 6.07) is 3.50. The van der Waals surface area contributed by atoms with Crippen molar-refractivity contribution in [2.45, 2.75) is 46.1 Å². The molecule has 1 aromatic carbocycles. The van der Waals surface area contributed by atoms with E-state index in [0.717, 1.165) is 12.0 Å². The number of nitrogens with one attached hydrogen (secondary N) is 1. The molecule has 7 heteroatoms. The van der Waals surface area contributed by atoms with Crippen molar-refractivity contribution >= 4 is 23.4 Å². The van der Waals surface area contributed by atoms with E-state index in [9.17, 15) is 9.59 Å². The zero-order valence-corrected chi connectivity index (χ0v) is 16.6. The Balaban J connectivity index is 2.06. The summed E-state index contributed by atoms with van der Waals surface area (Å²) in [6.07, 6.45) is 0.929. The van der Waals surface area contributed by atoms with E-state index in [4.69, 9.17) is 21.1 Å². The highest BCUT2D eigenvalue weighted by atomic mass is 35.5. The fourth-order valence-electron chi connectivity index (χ4n) is 2.68. The smallest absolute Gasteiger partial charge is 0.240 e. The maximum Gasteiger partial charge on any atom is 0.240 e. The molecule has 1 N–H and O–H groups in total. The van der Waals surface area contributed by atoms with Gasteiger partial charge in [0.05, 0.1) is 31.2 Å². The van der Waals surface area contributed by atoms with Crippen LogP contribution in [0, 0.1) is 0 Å². The Morgan fingerprint density at radius 3 is 2.58 bits per heavy atom. The Hall–Kier alpha value is -1.95. The fraction of sp³-hybridized carbons (Fsp3) is 0.579. The summed E-state index contributed by atoms with van der Waals surface area (Å²) in [7, 11) is 0. The van der Waals surface area contributed by atoms with Crippen LogP contribution >= 0.6 is 11.6 Å². The van der Waals surface area contributed by atoms with Gasteiger partial charge < -0.3 is 19.7 Å². The number of benzene rings is 1. The molecule has 0 atom stereocenters. The fourth-order valence-corrected chi connectivity index (χ4v) is 2.97. The van der Waals surface area contributed by atoms with Crippen LogP contribution in [0.2, 0.25) is 5.02 Å². The third-order valence-corrected chi connectivity index (χ3v) is 4.08. The predicted octanol–water partition coefficient (Wildman–Crippen LogP) is 2.81. The lowest BCUT2D eigenvalue weighted by Gasteiger charge is -2.25. The molecule has 0 spiro atoms. The maximum absolute atomic E-state index is 12.6. The van der Waals surface area contributed by atoms with Crippen LogP contribution in [-0.4, -0.2) is 48.6 Å². The van der Waals surface area contributed by atoms with Crippen LogP contribution in [0.15, 0.2) is 12.1 Å². The number of ether oxygens (including phenoxy) is 2. The summed E-state index contributed by atoms with van der Waals surface area (Å²) >= 11 is 6.28. The Morgan fingerprint density at radius 1 is 1.23 bits per heavy atom. The van der Waals surface area contributed by atoms with Crippen molar-refractivity contribution < 1.29 is 19.1 Å². The van der Waals surface area contributed by atoms with Gasteiger partial charge in [-0.1, -0.05) is 11.6 Å². The number of hydrogen-bond acceptors (Lipinski definition) is 4. The molecule has 144 valence electrons. The second kappa shape index (κ2) is 8.62. The van der Waals surface area contributed by atoms with Crippen LogP contribution in [-0.2, 0) is 16.0 Å². The summed E-state index contributed by atoms with van der Waals surface area (Å²) in [5.74, 6) is 0.773. The van der Waals surface area contributed by atoms with Gasteiger partial charge in [0.2, 0.25) is 11.8 Å². The molecule has 0 unspecified atom stereocenters. The minimum Gasteiger partial charge on any atom is -0.489 e. The molecule has 0 saturated carbocycles. The zero-order chi connectivity index (χ0) is 19.3. The topological polar surface area (TPSA) is 67.9 Å². The average Bonchev–Trinajstić information content (AvgIpc) is 2.76. The first-order valence-electron chi connectivity index (χ1n) is 8.86. The number of nitrogens with zero attached hydrogens (tertiary/aromatic N) is 1. The first-order chi connectivity index (χ1) is 12.2. The zero-order valence-electron chi connectivity index (χ0n) is 15.9. The molecule has 2 rings (SSSR count). The monoisotopic (exact) mass is 382 g/mol. The minimum atomic E-state index is -0.332. The number of hydrogen-bond donors (Lipinski definition) is 1. The van der Waals surface area contributed by atoms with Crippen molar-refractivity contribution in [2.75, 3.05) is 26.3 Å². The van der Waals surface area contributed by atoms with Crippen LogP contribution in [0.4, 0.5) is 0 Å². The van der Waals surface area contributed by atoms with Crippen molar-refractivity contribution in [3.8, 4) is 11.5 Å². The SMILES string of the molecule is CCN(CC(=O)NC(C)(C)C)C(=O)Cc1cc(Cl)c2c(c1)OCCCO2. The Morgan fingerprint density at radius 2 is 1.92 bits per heavy atom. The second-order valence-corrected chi connectivity index (χ2v) is 7.75. The number of halogens is 1. The number of carbonyl (C=O) groups excluding carboxylic acids is 2. The quantitative estimate of drug-likeness (QED) is 0.850. The van der Waals surface area contributed by atoms with Gasteiger partial charge in [0.25, 0.3) is 0 Å². The van der Waals surface area contributed by atoms with Gasteiger partial charge in [0, 0.05) is 18.5 Å². The van der Waals surface area contributed by atoms with Crippen LogP contribution in [0.3, 0.4) is 0 Å². The normalized spacial score (nSPS) is 13.7. The highest BCUT2D eigenvalue weighted by Gasteiger charge is 2.21. The lowest BCUT2D eigenvalue weighted by Crippen LogP contribution is -2.47. The third kappa shape index (κ3) is 5.80. The number of likely N-dealkylation sites (N-methyl/N-ethyl adjacent to an activating group) is 1. The molecule has 1 aliphatic rings. The molecule has 1 aliphatic heterocycles. The molecule has 1 aromatic rings. The van der Waals surface area contributed by atoms with E-state index in [1.807, 2.05) is 27.7 Å². The first-order valence-corrected chi connectivity index (χ1v) is 9.24. The molecule has 0 aliphatic carbocycles. The average molecular weight is 383 g/mol. The summed E-state index contributed by atoms with van der Waals surface area (Å²) in [4.78, 5) is 26.3. The van der Waals surface area contributed by atoms with Crippen molar-refractivity contribution in [1.29, 1.82) is 0 Å². The van der Waals surface area contributed by atoms with Gasteiger partial charge in [-0.25, -0.2) is 0 Å². The standard InChI is InChI=1S/C19H27ClN2O4/c1-5-22(12-16(23)21-19(2,3)4)17(24)11-13-9-14(20)18-15(10-13)25-7-6-8-26-18/h9-10H,5-8,11-12H2,1-4H3,(H,21,23). The molecular weight excluding hydrogens is 356 g/mol. The number of carbonyl (C=O) groups is 2. The Labute approximate surface area is 159 Å². The molecule has 0 radical (unpaired) electrons. The van der Waals surface area contributed by atoms with Crippen LogP contribution in [0.5, 0.6) is 11.5 Å². The Bertz CT molecular complexity index is 670. The van der Waals surface area contributed by atoms with Gasteiger partial charge in [-0.05, 0) is 45.4 Å². The van der Waals surface area contributed by atoms with E-state index in [1.54, 1.807) is 12.1 Å². The highest BCUT2D eigenvalue weighted by Crippen LogP contribution is 2.38. The molecule has 0 bridgehead atoms. The highest BCUT2D eigenvalue weighted by molar-refractivity contribution is 6.32. The molecular formula is C19H27ClN2O4. The third-order valence-electron chi connectivity index (χ3n) is 3.80. The van der Waals surface area contributed by atoms with E-state index in [2.05, 4.69) is 5.32 Å². The van der Waals surface area contributed by atoms with Gasteiger partial charge >= 0.3 is 0 Å². The second-order valence-electron chi connectivity index (χ2n) is 7.34. The van der Waals surface area contributed by atoms with Crippen LogP contribution in [0.1, 0.15) is 39.7 Å². The molecule has 6 nitrogen and oxygen atoms in total. The van der Waals surface area contributed by atoms with Crippen molar-refractivity contribution in [3.05, 3.63) is 22.7 Å². The van der Waals surface area contributed by atoms with Gasteiger partial charge in [-0.2, -0.15) is 0 Å². The van der Waals surface area contributed by atoms with Gasteiger partial charge in [0.1, 0.15) is 0 Å². The maximum atomic E-state index is 12.6. The van der Waals surface area contributed by atoms with Gasteiger partial charge in [-0.15, -0.1) is 0 Å². The number of rotatable bonds is 5. The molecule has 0 aromatic heterocycles. The minimum absolute atomic E-state index is 0.0326. The predicted molar refractivity (Wildman–Crippen MR) is 101 cm³/mol. The summed E-state index contributed by atoms with van der Waals surface area (Å²) < 4.78 is 11.3. The Kier molecular flexibility index (Phi) is 6.75. The van der Waals surface area contributed by atoms with E-state index >= 15 is 0 Å². The van der Waals surface area contributed by atoms with Crippen molar-refractivity contribution in [2.24, 2.45) is 0 Å².